The minimum Gasteiger partial charge on any atom is -0.406 e. The van der Waals surface area contributed by atoms with Crippen LogP contribution in [0.5, 0.6) is 5.75 Å². The molecule has 0 atom stereocenters. The van der Waals surface area contributed by atoms with E-state index >= 15 is 0 Å². The number of thiocarbonyl (C=S) groups is 1. The van der Waals surface area contributed by atoms with Gasteiger partial charge in [-0.1, -0.05) is 0 Å². The minimum absolute atomic E-state index is 0.202. The smallest absolute Gasteiger partial charge is 0.406 e. The van der Waals surface area contributed by atoms with Crippen molar-refractivity contribution >= 4 is 29.2 Å². The summed E-state index contributed by atoms with van der Waals surface area (Å²) in [7, 11) is 0. The molecule has 0 aliphatic rings. The van der Waals surface area contributed by atoms with Gasteiger partial charge in [0.25, 0.3) is 5.69 Å². The van der Waals surface area contributed by atoms with Gasteiger partial charge in [0.15, 0.2) is 5.11 Å². The van der Waals surface area contributed by atoms with Gasteiger partial charge in [0.2, 0.25) is 0 Å². The number of alkyl halides is 3. The van der Waals surface area contributed by atoms with E-state index in [-0.39, 0.29) is 10.7 Å². The maximum atomic E-state index is 12.1. The zero-order valence-electron chi connectivity index (χ0n) is 9.55. The second kappa shape index (κ2) is 6.14. The molecule has 0 amide bonds. The topological polar surface area (TPSA) is 103 Å². The lowest BCUT2D eigenvalue weighted by Crippen LogP contribution is -2.24. The van der Waals surface area contributed by atoms with Crippen LogP contribution in [0.1, 0.15) is 5.56 Å². The number of nitro groups is 1. The van der Waals surface area contributed by atoms with Crippen LogP contribution >= 0.6 is 12.2 Å². The van der Waals surface area contributed by atoms with Crippen molar-refractivity contribution in [3.05, 3.63) is 33.9 Å². The number of rotatable bonds is 4. The Kier molecular flexibility index (Phi) is 4.80. The van der Waals surface area contributed by atoms with Crippen LogP contribution < -0.4 is 15.9 Å². The van der Waals surface area contributed by atoms with Crippen LogP contribution in [0.4, 0.5) is 18.9 Å². The predicted molar refractivity (Wildman–Crippen MR) is 67.3 cm³/mol. The number of nitrogens with one attached hydrogen (secondary N) is 1. The van der Waals surface area contributed by atoms with Gasteiger partial charge < -0.3 is 10.5 Å². The van der Waals surface area contributed by atoms with E-state index in [0.717, 1.165) is 24.4 Å². The fourth-order valence-corrected chi connectivity index (χ4v) is 1.22. The van der Waals surface area contributed by atoms with Gasteiger partial charge in [0.05, 0.1) is 16.7 Å². The molecular formula is C9H7F3N4O3S. The van der Waals surface area contributed by atoms with Crippen molar-refractivity contribution in [1.29, 1.82) is 0 Å². The molecular weight excluding hydrogens is 301 g/mol. The number of nitrogens with zero attached hydrogens (tertiary/aromatic N) is 2. The molecule has 1 aromatic carbocycles. The number of nitro benzene ring substituents is 1. The maximum Gasteiger partial charge on any atom is 0.573 e. The van der Waals surface area contributed by atoms with Gasteiger partial charge in [-0.15, -0.1) is 13.2 Å². The Balaban J connectivity index is 3.09. The van der Waals surface area contributed by atoms with Crippen LogP contribution in [0.25, 0.3) is 0 Å². The van der Waals surface area contributed by atoms with Gasteiger partial charge in [-0.2, -0.15) is 5.10 Å². The molecule has 0 spiro atoms. The highest BCUT2D eigenvalue weighted by molar-refractivity contribution is 7.80. The van der Waals surface area contributed by atoms with E-state index in [2.05, 4.69) is 27.5 Å². The summed E-state index contributed by atoms with van der Waals surface area (Å²) in [6, 6.07) is 2.50. The average molecular weight is 308 g/mol. The predicted octanol–water partition coefficient (Wildman–Crippen LogP) is 1.66. The van der Waals surface area contributed by atoms with E-state index in [1.54, 1.807) is 0 Å². The van der Waals surface area contributed by atoms with Crippen molar-refractivity contribution in [2.45, 2.75) is 6.36 Å². The van der Waals surface area contributed by atoms with Gasteiger partial charge in [-0.3, -0.25) is 15.5 Å². The quantitative estimate of drug-likeness (QED) is 0.379. The van der Waals surface area contributed by atoms with Crippen LogP contribution in [0.15, 0.2) is 23.3 Å². The van der Waals surface area contributed by atoms with Crippen molar-refractivity contribution in [2.24, 2.45) is 10.8 Å². The molecule has 0 saturated heterocycles. The lowest BCUT2D eigenvalue weighted by molar-refractivity contribution is -0.385. The molecule has 108 valence electrons. The molecule has 0 fully saturated rings. The lowest BCUT2D eigenvalue weighted by Gasteiger charge is -2.09. The number of hydrogen-bond donors (Lipinski definition) is 2. The van der Waals surface area contributed by atoms with Crippen LogP contribution in [0, 0.1) is 10.1 Å². The molecule has 11 heteroatoms. The van der Waals surface area contributed by atoms with Gasteiger partial charge in [-0.05, 0) is 24.4 Å². The monoisotopic (exact) mass is 308 g/mol. The number of ether oxygens (including phenoxy) is 1. The Labute approximate surface area is 115 Å². The van der Waals surface area contributed by atoms with Gasteiger partial charge >= 0.3 is 6.36 Å². The minimum atomic E-state index is -4.90. The number of hydrogen-bond acceptors (Lipinski definition) is 5. The largest absolute Gasteiger partial charge is 0.573 e. The Morgan fingerprint density at radius 3 is 2.70 bits per heavy atom. The van der Waals surface area contributed by atoms with Gasteiger partial charge in [0, 0.05) is 6.07 Å². The number of hydrazone groups is 1. The van der Waals surface area contributed by atoms with E-state index < -0.39 is 22.7 Å². The highest BCUT2D eigenvalue weighted by Gasteiger charge is 2.31. The molecule has 0 aliphatic heterocycles. The first-order valence-corrected chi connectivity index (χ1v) is 5.22. The van der Waals surface area contributed by atoms with Crippen molar-refractivity contribution in [2.75, 3.05) is 0 Å². The summed E-state index contributed by atoms with van der Waals surface area (Å²) in [5, 5.41) is 14.0. The van der Waals surface area contributed by atoms with Crippen LogP contribution in [0.2, 0.25) is 0 Å². The second-order valence-electron chi connectivity index (χ2n) is 3.26. The Morgan fingerprint density at radius 1 is 1.55 bits per heavy atom. The average Bonchev–Trinajstić information content (AvgIpc) is 2.25. The first-order valence-electron chi connectivity index (χ1n) is 4.82. The maximum absolute atomic E-state index is 12.1. The highest BCUT2D eigenvalue weighted by atomic mass is 32.1. The van der Waals surface area contributed by atoms with E-state index in [0.29, 0.717) is 0 Å². The van der Waals surface area contributed by atoms with Crippen molar-refractivity contribution in [3.8, 4) is 5.75 Å². The van der Waals surface area contributed by atoms with E-state index in [1.807, 2.05) is 0 Å². The second-order valence-corrected chi connectivity index (χ2v) is 3.70. The van der Waals surface area contributed by atoms with Crippen molar-refractivity contribution in [3.63, 3.8) is 0 Å². The van der Waals surface area contributed by atoms with E-state index in [1.165, 1.54) is 0 Å². The zero-order valence-corrected chi connectivity index (χ0v) is 10.4. The third-order valence-corrected chi connectivity index (χ3v) is 1.90. The first-order chi connectivity index (χ1) is 9.19. The van der Waals surface area contributed by atoms with Crippen molar-refractivity contribution < 1.29 is 22.8 Å². The molecule has 1 aromatic rings. The molecule has 0 unspecified atom stereocenters. The van der Waals surface area contributed by atoms with Gasteiger partial charge in [0.1, 0.15) is 5.75 Å². The summed E-state index contributed by atoms with van der Waals surface area (Å²) in [4.78, 5) is 9.95. The SMILES string of the molecule is NC(=S)NN=Cc1cc(OC(F)(F)F)ccc1[N+](=O)[O-]. The summed E-state index contributed by atoms with van der Waals surface area (Å²) in [5.74, 6) is -0.611. The normalized spacial score (nSPS) is 11.3. The molecule has 0 radical (unpaired) electrons. The van der Waals surface area contributed by atoms with Gasteiger partial charge in [-0.25, -0.2) is 0 Å². The molecule has 1 rings (SSSR count). The number of benzene rings is 1. The molecule has 20 heavy (non-hydrogen) atoms. The lowest BCUT2D eigenvalue weighted by atomic mass is 10.2. The fraction of sp³-hybridized carbons (Fsp3) is 0.111. The molecule has 0 aliphatic carbocycles. The molecule has 0 heterocycles. The van der Waals surface area contributed by atoms with E-state index in [4.69, 9.17) is 5.73 Å². The summed E-state index contributed by atoms with van der Waals surface area (Å²) in [5.41, 5.74) is 6.53. The summed E-state index contributed by atoms with van der Waals surface area (Å²) in [6.07, 6.45) is -4.00. The Bertz CT molecular complexity index is 562. The Morgan fingerprint density at radius 2 is 2.20 bits per heavy atom. The van der Waals surface area contributed by atoms with Crippen LogP contribution in [-0.4, -0.2) is 22.6 Å². The first kappa shape index (κ1) is 15.6. The standard InChI is InChI=1S/C9H7F3N4O3S/c10-9(11,12)19-6-1-2-7(16(17)18)5(3-6)4-14-15-8(13)20/h1-4H,(H3,13,15,20). The fourth-order valence-electron chi connectivity index (χ4n) is 1.16. The van der Waals surface area contributed by atoms with Crippen molar-refractivity contribution in [1.82, 2.24) is 5.43 Å². The van der Waals surface area contributed by atoms with Crippen LogP contribution in [-0.2, 0) is 0 Å². The third-order valence-electron chi connectivity index (χ3n) is 1.81. The van der Waals surface area contributed by atoms with Crippen LogP contribution in [0.3, 0.4) is 0 Å². The summed E-state index contributed by atoms with van der Waals surface area (Å²) >= 11 is 4.44. The summed E-state index contributed by atoms with van der Waals surface area (Å²) < 4.78 is 39.8. The summed E-state index contributed by atoms with van der Waals surface area (Å²) in [6.45, 7) is 0. The molecule has 0 aromatic heterocycles. The zero-order chi connectivity index (χ0) is 15.3. The molecule has 3 N–H and O–H groups in total. The number of halogens is 3. The molecule has 7 nitrogen and oxygen atoms in total. The Hall–Kier alpha value is -2.43. The molecule has 0 saturated carbocycles. The van der Waals surface area contributed by atoms with E-state index in [9.17, 15) is 23.3 Å². The third kappa shape index (κ3) is 5.06. The molecule has 0 bridgehead atoms. The highest BCUT2D eigenvalue weighted by Crippen LogP contribution is 2.27. The number of nitrogens with two attached hydrogens (primary N) is 1.